The minimum absolute atomic E-state index is 0.545. The predicted octanol–water partition coefficient (Wildman–Crippen LogP) is 0.500. The minimum Gasteiger partial charge on any atom is -0.354 e. The van der Waals surface area contributed by atoms with Crippen molar-refractivity contribution in [2.45, 2.75) is 12.8 Å². The van der Waals surface area contributed by atoms with Gasteiger partial charge in [-0.3, -0.25) is 0 Å². The van der Waals surface area contributed by atoms with Gasteiger partial charge in [-0.05, 0) is 18.7 Å². The molecule has 2 heterocycles. The first kappa shape index (κ1) is 9.92. The zero-order chi connectivity index (χ0) is 10.7. The van der Waals surface area contributed by atoms with Crippen molar-refractivity contribution in [2.24, 2.45) is 12.8 Å². The highest BCUT2D eigenvalue weighted by Gasteiger charge is 2.07. The van der Waals surface area contributed by atoms with E-state index in [9.17, 15) is 0 Å². The van der Waals surface area contributed by atoms with Crippen molar-refractivity contribution in [3.8, 4) is 0 Å². The van der Waals surface area contributed by atoms with Crippen LogP contribution in [0.2, 0.25) is 0 Å². The van der Waals surface area contributed by atoms with Crippen LogP contribution in [0.25, 0.3) is 0 Å². The van der Waals surface area contributed by atoms with Gasteiger partial charge in [-0.1, -0.05) is 5.16 Å². The van der Waals surface area contributed by atoms with Gasteiger partial charge in [0.25, 0.3) is 0 Å². The molecule has 0 amide bonds. The van der Waals surface area contributed by atoms with E-state index in [1.807, 2.05) is 29.9 Å². The molecule has 2 aromatic heterocycles. The molecule has 0 fully saturated rings. The Morgan fingerprint density at radius 2 is 2.40 bits per heavy atom. The highest BCUT2D eigenvalue weighted by atomic mass is 16.5. The van der Waals surface area contributed by atoms with Crippen LogP contribution in [-0.2, 0) is 19.9 Å². The molecule has 0 aliphatic rings. The van der Waals surface area contributed by atoms with Crippen LogP contribution in [0.15, 0.2) is 22.9 Å². The molecule has 0 atom stereocenters. The summed E-state index contributed by atoms with van der Waals surface area (Å²) in [5.74, 6) is 1.32. The molecule has 15 heavy (non-hydrogen) atoms. The molecule has 0 aliphatic carbocycles. The SMILES string of the molecule is Cn1cccc1Cc1nc(CCN)no1. The van der Waals surface area contributed by atoms with Crippen molar-refractivity contribution < 1.29 is 4.52 Å². The third-order valence-corrected chi connectivity index (χ3v) is 2.26. The van der Waals surface area contributed by atoms with Gasteiger partial charge in [-0.25, -0.2) is 0 Å². The lowest BCUT2D eigenvalue weighted by Gasteiger charge is -1.97. The topological polar surface area (TPSA) is 69.9 Å². The molecule has 5 heteroatoms. The Morgan fingerprint density at radius 1 is 1.53 bits per heavy atom. The standard InChI is InChI=1S/C10H14N4O/c1-14-6-2-3-8(14)7-10-12-9(4-5-11)13-15-10/h2-3,6H,4-5,7,11H2,1H3. The number of hydrogen-bond donors (Lipinski definition) is 1. The van der Waals surface area contributed by atoms with Crippen molar-refractivity contribution >= 4 is 0 Å². The van der Waals surface area contributed by atoms with Gasteiger partial charge in [0, 0.05) is 25.4 Å². The van der Waals surface area contributed by atoms with Crippen LogP contribution in [0, 0.1) is 0 Å². The fourth-order valence-electron chi connectivity index (χ4n) is 1.43. The average molecular weight is 206 g/mol. The van der Waals surface area contributed by atoms with Crippen molar-refractivity contribution in [1.29, 1.82) is 0 Å². The summed E-state index contributed by atoms with van der Waals surface area (Å²) < 4.78 is 7.15. The van der Waals surface area contributed by atoms with E-state index in [0.29, 0.717) is 31.1 Å². The predicted molar refractivity (Wildman–Crippen MR) is 55.3 cm³/mol. The van der Waals surface area contributed by atoms with E-state index >= 15 is 0 Å². The monoisotopic (exact) mass is 206 g/mol. The van der Waals surface area contributed by atoms with E-state index in [1.165, 1.54) is 0 Å². The first-order chi connectivity index (χ1) is 7.29. The Balaban J connectivity index is 2.08. The van der Waals surface area contributed by atoms with Gasteiger partial charge in [0.15, 0.2) is 5.82 Å². The number of aromatic nitrogens is 3. The number of nitrogens with zero attached hydrogens (tertiary/aromatic N) is 3. The summed E-state index contributed by atoms with van der Waals surface area (Å²) in [6, 6.07) is 4.03. The van der Waals surface area contributed by atoms with Gasteiger partial charge in [0.2, 0.25) is 5.89 Å². The van der Waals surface area contributed by atoms with Gasteiger partial charge >= 0.3 is 0 Å². The van der Waals surface area contributed by atoms with Crippen LogP contribution in [-0.4, -0.2) is 21.3 Å². The lowest BCUT2D eigenvalue weighted by Crippen LogP contribution is -2.04. The van der Waals surface area contributed by atoms with E-state index in [2.05, 4.69) is 10.1 Å². The largest absolute Gasteiger partial charge is 0.354 e. The normalized spacial score (nSPS) is 10.8. The maximum atomic E-state index is 5.40. The Hall–Kier alpha value is -1.62. The van der Waals surface area contributed by atoms with E-state index in [4.69, 9.17) is 10.3 Å². The van der Waals surface area contributed by atoms with Gasteiger partial charge in [-0.15, -0.1) is 0 Å². The van der Waals surface area contributed by atoms with Crippen molar-refractivity contribution in [2.75, 3.05) is 6.54 Å². The van der Waals surface area contributed by atoms with E-state index in [-0.39, 0.29) is 0 Å². The summed E-state index contributed by atoms with van der Waals surface area (Å²) in [4.78, 5) is 4.24. The Bertz CT molecular complexity index is 432. The van der Waals surface area contributed by atoms with E-state index < -0.39 is 0 Å². The summed E-state index contributed by atoms with van der Waals surface area (Å²) in [5, 5.41) is 3.84. The van der Waals surface area contributed by atoms with Gasteiger partial charge in [-0.2, -0.15) is 4.98 Å². The maximum absolute atomic E-state index is 5.40. The van der Waals surface area contributed by atoms with Crippen LogP contribution in [0.1, 0.15) is 17.4 Å². The third-order valence-electron chi connectivity index (χ3n) is 2.26. The summed E-state index contributed by atoms with van der Waals surface area (Å²) in [7, 11) is 1.99. The molecule has 0 aliphatic heterocycles. The molecule has 80 valence electrons. The highest BCUT2D eigenvalue weighted by molar-refractivity contribution is 5.11. The van der Waals surface area contributed by atoms with Gasteiger partial charge in [0.05, 0.1) is 6.42 Å². The molecule has 0 saturated carbocycles. The lowest BCUT2D eigenvalue weighted by molar-refractivity contribution is 0.378. The molecule has 0 unspecified atom stereocenters. The molecular weight excluding hydrogens is 192 g/mol. The molecule has 0 radical (unpaired) electrons. The van der Waals surface area contributed by atoms with Gasteiger partial charge in [0.1, 0.15) is 0 Å². The van der Waals surface area contributed by atoms with Crippen molar-refractivity contribution in [3.05, 3.63) is 35.7 Å². The van der Waals surface area contributed by atoms with E-state index in [0.717, 1.165) is 5.69 Å². The summed E-state index contributed by atoms with van der Waals surface area (Å²) >= 11 is 0. The van der Waals surface area contributed by atoms with Crippen LogP contribution < -0.4 is 5.73 Å². The molecule has 0 bridgehead atoms. The number of aryl methyl sites for hydroxylation is 1. The fourth-order valence-corrected chi connectivity index (χ4v) is 1.43. The second kappa shape index (κ2) is 4.27. The van der Waals surface area contributed by atoms with Crippen LogP contribution in [0.4, 0.5) is 0 Å². The molecule has 2 N–H and O–H groups in total. The quantitative estimate of drug-likeness (QED) is 0.790. The molecule has 0 spiro atoms. The number of hydrogen-bond acceptors (Lipinski definition) is 4. The molecule has 0 aromatic carbocycles. The first-order valence-corrected chi connectivity index (χ1v) is 4.91. The second-order valence-electron chi connectivity index (χ2n) is 3.43. The van der Waals surface area contributed by atoms with Gasteiger partial charge < -0.3 is 14.8 Å². The van der Waals surface area contributed by atoms with Crippen LogP contribution in [0.5, 0.6) is 0 Å². The zero-order valence-electron chi connectivity index (χ0n) is 8.68. The second-order valence-corrected chi connectivity index (χ2v) is 3.43. The van der Waals surface area contributed by atoms with Crippen LogP contribution >= 0.6 is 0 Å². The molecule has 2 aromatic rings. The molecular formula is C10H14N4O. The Morgan fingerprint density at radius 3 is 3.07 bits per heavy atom. The fraction of sp³-hybridized carbons (Fsp3) is 0.400. The maximum Gasteiger partial charge on any atom is 0.232 e. The molecule has 2 rings (SSSR count). The highest BCUT2D eigenvalue weighted by Crippen LogP contribution is 2.07. The summed E-state index contributed by atoms with van der Waals surface area (Å²) in [6.07, 6.45) is 3.32. The summed E-state index contributed by atoms with van der Waals surface area (Å²) in [5.41, 5.74) is 6.56. The average Bonchev–Trinajstić information content (AvgIpc) is 2.79. The lowest BCUT2D eigenvalue weighted by atomic mass is 10.3. The number of nitrogens with two attached hydrogens (primary N) is 1. The molecule has 5 nitrogen and oxygen atoms in total. The Labute approximate surface area is 87.9 Å². The molecule has 0 saturated heterocycles. The van der Waals surface area contributed by atoms with Crippen molar-refractivity contribution in [1.82, 2.24) is 14.7 Å². The Kier molecular flexibility index (Phi) is 2.82. The smallest absolute Gasteiger partial charge is 0.232 e. The van der Waals surface area contributed by atoms with Crippen LogP contribution in [0.3, 0.4) is 0 Å². The number of rotatable bonds is 4. The van der Waals surface area contributed by atoms with E-state index in [1.54, 1.807) is 0 Å². The first-order valence-electron chi connectivity index (χ1n) is 4.91. The zero-order valence-corrected chi connectivity index (χ0v) is 8.68. The minimum atomic E-state index is 0.545. The third kappa shape index (κ3) is 2.24. The summed E-state index contributed by atoms with van der Waals surface area (Å²) in [6.45, 7) is 0.545. The van der Waals surface area contributed by atoms with Crippen molar-refractivity contribution in [3.63, 3.8) is 0 Å².